The van der Waals surface area contributed by atoms with E-state index in [2.05, 4.69) is 0 Å². The van der Waals surface area contributed by atoms with Crippen LogP contribution in [0.2, 0.25) is 0 Å². The number of rotatable bonds is 6. The molecule has 1 fully saturated rings. The lowest BCUT2D eigenvalue weighted by Crippen LogP contribution is -2.33. The molecular formula is C12H24O3. The van der Waals surface area contributed by atoms with Gasteiger partial charge in [0.2, 0.25) is 0 Å². The van der Waals surface area contributed by atoms with Gasteiger partial charge in [0, 0.05) is 6.61 Å². The molecule has 90 valence electrons. The molecule has 0 aliphatic heterocycles. The van der Waals surface area contributed by atoms with E-state index >= 15 is 0 Å². The molecule has 0 N–H and O–H groups in total. The normalized spacial score (nSPS) is 19.4. The molecule has 1 aliphatic carbocycles. The molecule has 0 saturated heterocycles. The fraction of sp³-hybridized carbons (Fsp3) is 1.00. The highest BCUT2D eigenvalue weighted by molar-refractivity contribution is 4.67. The number of ether oxygens (including phenoxy) is 1. The van der Waals surface area contributed by atoms with Crippen LogP contribution >= 0.6 is 0 Å². The van der Waals surface area contributed by atoms with Crippen LogP contribution in [0.25, 0.3) is 0 Å². The van der Waals surface area contributed by atoms with E-state index in [0.717, 1.165) is 19.4 Å². The van der Waals surface area contributed by atoms with E-state index in [-0.39, 0.29) is 5.60 Å². The summed E-state index contributed by atoms with van der Waals surface area (Å²) >= 11 is 0. The highest BCUT2D eigenvalue weighted by Crippen LogP contribution is 2.22. The summed E-state index contributed by atoms with van der Waals surface area (Å²) < 4.78 is 5.33. The Balaban J connectivity index is 2.15. The molecule has 1 rings (SSSR count). The summed E-state index contributed by atoms with van der Waals surface area (Å²) in [6.07, 6.45) is 6.41. The summed E-state index contributed by atoms with van der Waals surface area (Å²) in [6.45, 7) is 7.27. The van der Waals surface area contributed by atoms with E-state index in [9.17, 15) is 0 Å². The van der Waals surface area contributed by atoms with Crippen LogP contribution in [0.4, 0.5) is 0 Å². The van der Waals surface area contributed by atoms with Gasteiger partial charge in [-0.15, -0.1) is 0 Å². The van der Waals surface area contributed by atoms with Crippen molar-refractivity contribution in [2.45, 2.75) is 64.6 Å². The standard InChI is InChI=1S/C12H24O3/c1-4-13-10-12(2,3)15-14-11-8-6-5-7-9-11/h11H,4-10H2,1-3H3. The number of hydrogen-bond acceptors (Lipinski definition) is 3. The fourth-order valence-corrected chi connectivity index (χ4v) is 1.73. The molecule has 0 atom stereocenters. The lowest BCUT2D eigenvalue weighted by atomic mass is 9.98. The lowest BCUT2D eigenvalue weighted by Gasteiger charge is -2.28. The minimum absolute atomic E-state index is 0.291. The largest absolute Gasteiger partial charge is 0.379 e. The second kappa shape index (κ2) is 6.46. The number of hydrogen-bond donors (Lipinski definition) is 0. The first-order chi connectivity index (χ1) is 7.14. The van der Waals surface area contributed by atoms with Crippen LogP contribution in [-0.4, -0.2) is 24.9 Å². The predicted octanol–water partition coefficient (Wildman–Crippen LogP) is 3.08. The van der Waals surface area contributed by atoms with E-state index in [4.69, 9.17) is 14.5 Å². The van der Waals surface area contributed by atoms with Gasteiger partial charge in [0.15, 0.2) is 0 Å². The Morgan fingerprint density at radius 3 is 2.40 bits per heavy atom. The van der Waals surface area contributed by atoms with Crippen molar-refractivity contribution < 1.29 is 14.5 Å². The Morgan fingerprint density at radius 1 is 1.13 bits per heavy atom. The molecule has 0 amide bonds. The third-order valence-electron chi connectivity index (χ3n) is 2.62. The highest BCUT2D eigenvalue weighted by atomic mass is 17.2. The van der Waals surface area contributed by atoms with E-state index in [0.29, 0.717) is 12.7 Å². The summed E-state index contributed by atoms with van der Waals surface area (Å²) in [5.41, 5.74) is -0.340. The first-order valence-electron chi connectivity index (χ1n) is 6.06. The minimum Gasteiger partial charge on any atom is -0.379 e. The van der Waals surface area contributed by atoms with E-state index in [1.807, 2.05) is 20.8 Å². The zero-order valence-corrected chi connectivity index (χ0v) is 10.3. The van der Waals surface area contributed by atoms with Gasteiger partial charge in [-0.25, -0.2) is 9.78 Å². The van der Waals surface area contributed by atoms with Crippen molar-refractivity contribution in [3.63, 3.8) is 0 Å². The summed E-state index contributed by atoms with van der Waals surface area (Å²) in [5, 5.41) is 0. The molecule has 1 aliphatic rings. The zero-order valence-electron chi connectivity index (χ0n) is 10.3. The maximum absolute atomic E-state index is 5.46. The van der Waals surface area contributed by atoms with E-state index in [1.165, 1.54) is 19.3 Å². The Hall–Kier alpha value is -0.120. The summed E-state index contributed by atoms with van der Waals surface area (Å²) in [7, 11) is 0. The van der Waals surface area contributed by atoms with Crippen molar-refractivity contribution in [1.29, 1.82) is 0 Å². The summed E-state index contributed by atoms with van der Waals surface area (Å²) in [5.74, 6) is 0. The van der Waals surface area contributed by atoms with Crippen molar-refractivity contribution in [1.82, 2.24) is 0 Å². The average molecular weight is 216 g/mol. The Bertz CT molecular complexity index is 162. The first-order valence-corrected chi connectivity index (χ1v) is 6.06. The van der Waals surface area contributed by atoms with Gasteiger partial charge in [0.1, 0.15) is 5.60 Å². The van der Waals surface area contributed by atoms with Gasteiger partial charge in [0.05, 0.1) is 12.7 Å². The van der Waals surface area contributed by atoms with Crippen molar-refractivity contribution in [3.05, 3.63) is 0 Å². The van der Waals surface area contributed by atoms with Crippen molar-refractivity contribution >= 4 is 0 Å². The smallest absolute Gasteiger partial charge is 0.121 e. The topological polar surface area (TPSA) is 27.7 Å². The zero-order chi connectivity index (χ0) is 11.1. The SMILES string of the molecule is CCOCC(C)(C)OOC1CCCCC1. The van der Waals surface area contributed by atoms with Gasteiger partial charge < -0.3 is 4.74 Å². The van der Waals surface area contributed by atoms with E-state index in [1.54, 1.807) is 0 Å². The van der Waals surface area contributed by atoms with Crippen molar-refractivity contribution in [2.24, 2.45) is 0 Å². The molecule has 0 heterocycles. The van der Waals surface area contributed by atoms with Crippen LogP contribution in [0.1, 0.15) is 52.9 Å². The van der Waals surface area contributed by atoms with Crippen molar-refractivity contribution in [3.8, 4) is 0 Å². The second-order valence-electron chi connectivity index (χ2n) is 4.84. The maximum Gasteiger partial charge on any atom is 0.121 e. The molecule has 3 nitrogen and oxygen atoms in total. The molecular weight excluding hydrogens is 192 g/mol. The Morgan fingerprint density at radius 2 is 1.80 bits per heavy atom. The van der Waals surface area contributed by atoms with Crippen LogP contribution in [0.15, 0.2) is 0 Å². The third-order valence-corrected chi connectivity index (χ3v) is 2.62. The van der Waals surface area contributed by atoms with Crippen LogP contribution in [0.5, 0.6) is 0 Å². The van der Waals surface area contributed by atoms with Crippen LogP contribution in [0, 0.1) is 0 Å². The Kier molecular flexibility index (Phi) is 5.58. The molecule has 0 aromatic rings. The lowest BCUT2D eigenvalue weighted by molar-refractivity contribution is -0.385. The van der Waals surface area contributed by atoms with Gasteiger partial charge in [-0.1, -0.05) is 19.3 Å². The Labute approximate surface area is 93.0 Å². The molecule has 15 heavy (non-hydrogen) atoms. The van der Waals surface area contributed by atoms with Gasteiger partial charge in [-0.3, -0.25) is 0 Å². The van der Waals surface area contributed by atoms with Gasteiger partial charge in [0.25, 0.3) is 0 Å². The quantitative estimate of drug-likeness (QED) is 0.504. The molecule has 0 aromatic heterocycles. The molecule has 0 aromatic carbocycles. The van der Waals surface area contributed by atoms with Gasteiger partial charge in [-0.05, 0) is 33.6 Å². The molecule has 1 saturated carbocycles. The molecule has 3 heteroatoms. The average Bonchev–Trinajstić information content (AvgIpc) is 2.25. The van der Waals surface area contributed by atoms with Gasteiger partial charge >= 0.3 is 0 Å². The summed E-state index contributed by atoms with van der Waals surface area (Å²) in [6, 6.07) is 0. The van der Waals surface area contributed by atoms with Crippen LogP contribution in [-0.2, 0) is 14.5 Å². The molecule has 0 unspecified atom stereocenters. The highest BCUT2D eigenvalue weighted by Gasteiger charge is 2.23. The molecule has 0 radical (unpaired) electrons. The maximum atomic E-state index is 5.46. The first kappa shape index (κ1) is 12.9. The third kappa shape index (κ3) is 5.50. The fourth-order valence-electron chi connectivity index (χ4n) is 1.73. The monoisotopic (exact) mass is 216 g/mol. The second-order valence-corrected chi connectivity index (χ2v) is 4.84. The molecule has 0 bridgehead atoms. The van der Waals surface area contributed by atoms with Crippen molar-refractivity contribution in [2.75, 3.05) is 13.2 Å². The van der Waals surface area contributed by atoms with E-state index < -0.39 is 0 Å². The minimum atomic E-state index is -0.340. The van der Waals surface area contributed by atoms with Crippen LogP contribution in [0.3, 0.4) is 0 Å². The molecule has 0 spiro atoms. The van der Waals surface area contributed by atoms with Crippen LogP contribution < -0.4 is 0 Å². The summed E-state index contributed by atoms with van der Waals surface area (Å²) in [4.78, 5) is 10.9. The predicted molar refractivity (Wildman–Crippen MR) is 59.6 cm³/mol. The van der Waals surface area contributed by atoms with Gasteiger partial charge in [-0.2, -0.15) is 0 Å².